The molecule has 2 saturated heterocycles. The largest absolute Gasteiger partial charge is 0.369 e. The van der Waals surface area contributed by atoms with Crippen molar-refractivity contribution in [2.75, 3.05) is 57.8 Å². The van der Waals surface area contributed by atoms with Gasteiger partial charge in [0.05, 0.1) is 10.0 Å². The monoisotopic (exact) mass is 341 g/mol. The lowest BCUT2D eigenvalue weighted by molar-refractivity contribution is 0.147. The van der Waals surface area contributed by atoms with Crippen molar-refractivity contribution < 1.29 is 0 Å². The highest BCUT2D eigenvalue weighted by molar-refractivity contribution is 6.42. The highest BCUT2D eigenvalue weighted by Gasteiger charge is 2.23. The van der Waals surface area contributed by atoms with Crippen molar-refractivity contribution in [2.45, 2.75) is 12.8 Å². The Hall–Kier alpha value is -0.480. The second kappa shape index (κ2) is 7.39. The normalized spacial score (nSPS) is 24.7. The average Bonchev–Trinajstić information content (AvgIpc) is 2.51. The van der Waals surface area contributed by atoms with Crippen molar-refractivity contribution in [1.29, 1.82) is 0 Å². The van der Waals surface area contributed by atoms with E-state index in [1.807, 2.05) is 12.1 Å². The van der Waals surface area contributed by atoms with Crippen molar-refractivity contribution in [3.05, 3.63) is 28.2 Å². The fraction of sp³-hybridized carbons (Fsp3) is 0.647. The molecule has 0 amide bonds. The maximum absolute atomic E-state index is 6.13. The molecule has 0 N–H and O–H groups in total. The van der Waals surface area contributed by atoms with E-state index < -0.39 is 0 Å². The molecule has 0 saturated carbocycles. The molecule has 0 bridgehead atoms. The molecule has 2 fully saturated rings. The van der Waals surface area contributed by atoms with Gasteiger partial charge in [-0.15, -0.1) is 0 Å². The summed E-state index contributed by atoms with van der Waals surface area (Å²) in [6.45, 7) is 8.19. The number of anilines is 1. The summed E-state index contributed by atoms with van der Waals surface area (Å²) < 4.78 is 0. The Morgan fingerprint density at radius 2 is 1.82 bits per heavy atom. The number of nitrogens with zero attached hydrogens (tertiary/aromatic N) is 3. The number of rotatable bonds is 3. The molecule has 1 aromatic rings. The molecule has 0 spiro atoms. The standard InChI is InChI=1S/C17H25Cl2N3/c1-20-6-2-3-14(12-20)13-21-7-9-22(10-8-21)15-4-5-16(18)17(19)11-15/h4-5,11,14H,2-3,6-10,12-13H2,1H3. The fourth-order valence-corrected chi connectivity index (χ4v) is 3.95. The van der Waals surface area contributed by atoms with Crippen LogP contribution in [0, 0.1) is 5.92 Å². The van der Waals surface area contributed by atoms with Gasteiger partial charge in [-0.2, -0.15) is 0 Å². The van der Waals surface area contributed by atoms with E-state index in [2.05, 4.69) is 27.8 Å². The number of piperazine rings is 1. The molecule has 1 aromatic carbocycles. The Labute approximate surface area is 143 Å². The van der Waals surface area contributed by atoms with E-state index in [1.54, 1.807) is 0 Å². The Balaban J connectivity index is 1.50. The predicted octanol–water partition coefficient (Wildman–Crippen LogP) is 3.46. The minimum atomic E-state index is 0.630. The molecule has 1 atom stereocenters. The van der Waals surface area contributed by atoms with E-state index in [-0.39, 0.29) is 0 Å². The van der Waals surface area contributed by atoms with Crippen LogP contribution in [0.4, 0.5) is 5.69 Å². The van der Waals surface area contributed by atoms with Crippen molar-refractivity contribution in [1.82, 2.24) is 9.80 Å². The summed E-state index contributed by atoms with van der Waals surface area (Å²) in [4.78, 5) is 7.50. The van der Waals surface area contributed by atoms with Gasteiger partial charge in [0.25, 0.3) is 0 Å². The van der Waals surface area contributed by atoms with Crippen LogP contribution in [0.25, 0.3) is 0 Å². The zero-order valence-corrected chi connectivity index (χ0v) is 14.8. The molecule has 122 valence electrons. The van der Waals surface area contributed by atoms with Gasteiger partial charge in [0.1, 0.15) is 0 Å². The summed E-state index contributed by atoms with van der Waals surface area (Å²) in [5.74, 6) is 0.843. The van der Waals surface area contributed by atoms with Gasteiger partial charge in [-0.3, -0.25) is 4.90 Å². The summed E-state index contributed by atoms with van der Waals surface area (Å²) in [6, 6.07) is 5.94. The first-order chi connectivity index (χ1) is 10.6. The third-order valence-corrected chi connectivity index (χ3v) is 5.62. The van der Waals surface area contributed by atoms with Crippen LogP contribution >= 0.6 is 23.2 Å². The number of piperidine rings is 1. The summed E-state index contributed by atoms with van der Waals surface area (Å²) >= 11 is 12.1. The summed E-state index contributed by atoms with van der Waals surface area (Å²) in [6.07, 6.45) is 2.74. The molecule has 2 aliphatic rings. The van der Waals surface area contributed by atoms with E-state index in [4.69, 9.17) is 23.2 Å². The zero-order valence-electron chi connectivity index (χ0n) is 13.3. The number of halogens is 2. The highest BCUT2D eigenvalue weighted by Crippen LogP contribution is 2.28. The van der Waals surface area contributed by atoms with Crippen molar-refractivity contribution in [3.63, 3.8) is 0 Å². The molecule has 3 rings (SSSR count). The minimum Gasteiger partial charge on any atom is -0.369 e. The van der Waals surface area contributed by atoms with E-state index in [9.17, 15) is 0 Å². The SMILES string of the molecule is CN1CCCC(CN2CCN(c3ccc(Cl)c(Cl)c3)CC2)C1. The number of likely N-dealkylation sites (tertiary alicyclic amines) is 1. The van der Waals surface area contributed by atoms with Gasteiger partial charge in [-0.25, -0.2) is 0 Å². The van der Waals surface area contributed by atoms with Gasteiger partial charge < -0.3 is 9.80 Å². The first-order valence-electron chi connectivity index (χ1n) is 8.23. The Bertz CT molecular complexity index is 501. The van der Waals surface area contributed by atoms with E-state index in [0.717, 1.165) is 32.1 Å². The molecule has 1 unspecified atom stereocenters. The zero-order chi connectivity index (χ0) is 15.5. The number of benzene rings is 1. The third-order valence-electron chi connectivity index (χ3n) is 4.88. The van der Waals surface area contributed by atoms with E-state index in [0.29, 0.717) is 10.0 Å². The maximum Gasteiger partial charge on any atom is 0.0612 e. The van der Waals surface area contributed by atoms with E-state index >= 15 is 0 Å². The van der Waals surface area contributed by atoms with Crippen LogP contribution < -0.4 is 4.90 Å². The molecule has 0 aliphatic carbocycles. The quantitative estimate of drug-likeness (QED) is 0.833. The Morgan fingerprint density at radius 3 is 2.50 bits per heavy atom. The van der Waals surface area contributed by atoms with Crippen molar-refractivity contribution in [3.8, 4) is 0 Å². The number of hydrogen-bond donors (Lipinski definition) is 0. The topological polar surface area (TPSA) is 9.72 Å². The minimum absolute atomic E-state index is 0.630. The first-order valence-corrected chi connectivity index (χ1v) is 8.98. The smallest absolute Gasteiger partial charge is 0.0612 e. The predicted molar refractivity (Wildman–Crippen MR) is 95.3 cm³/mol. The van der Waals surface area contributed by atoms with Crippen LogP contribution in [-0.4, -0.2) is 62.7 Å². The maximum atomic E-state index is 6.13. The summed E-state index contributed by atoms with van der Waals surface area (Å²) in [5, 5.41) is 1.28. The lowest BCUT2D eigenvalue weighted by atomic mass is 9.97. The summed E-state index contributed by atoms with van der Waals surface area (Å²) in [5.41, 5.74) is 1.19. The molecule has 2 heterocycles. The van der Waals surface area contributed by atoms with Crippen molar-refractivity contribution >= 4 is 28.9 Å². The molecule has 3 nitrogen and oxygen atoms in total. The second-order valence-corrected chi connectivity index (χ2v) is 7.47. The van der Waals surface area contributed by atoms with Gasteiger partial charge in [0.15, 0.2) is 0 Å². The van der Waals surface area contributed by atoms with Crippen molar-refractivity contribution in [2.24, 2.45) is 5.92 Å². The lowest BCUT2D eigenvalue weighted by Crippen LogP contribution is -2.49. The Kier molecular flexibility index (Phi) is 5.50. The van der Waals surface area contributed by atoms with Crippen LogP contribution in [0.3, 0.4) is 0 Å². The molecule has 22 heavy (non-hydrogen) atoms. The second-order valence-electron chi connectivity index (χ2n) is 6.66. The van der Waals surface area contributed by atoms with Crippen LogP contribution in [0.5, 0.6) is 0 Å². The third kappa shape index (κ3) is 4.08. The molecule has 0 radical (unpaired) electrons. The van der Waals surface area contributed by atoms with Crippen LogP contribution in [-0.2, 0) is 0 Å². The molecule has 2 aliphatic heterocycles. The fourth-order valence-electron chi connectivity index (χ4n) is 3.66. The van der Waals surface area contributed by atoms with Gasteiger partial charge in [0, 0.05) is 45.0 Å². The molecular formula is C17H25Cl2N3. The summed E-state index contributed by atoms with van der Waals surface area (Å²) in [7, 11) is 2.24. The van der Waals surface area contributed by atoms with Gasteiger partial charge in [0.2, 0.25) is 0 Å². The average molecular weight is 342 g/mol. The van der Waals surface area contributed by atoms with Crippen LogP contribution in [0.1, 0.15) is 12.8 Å². The molecule has 0 aromatic heterocycles. The molecule has 5 heteroatoms. The lowest BCUT2D eigenvalue weighted by Gasteiger charge is -2.39. The van der Waals surface area contributed by atoms with Gasteiger partial charge in [-0.05, 0) is 50.6 Å². The van der Waals surface area contributed by atoms with Gasteiger partial charge >= 0.3 is 0 Å². The molecular weight excluding hydrogens is 317 g/mol. The number of hydrogen-bond acceptors (Lipinski definition) is 3. The van der Waals surface area contributed by atoms with Crippen LogP contribution in [0.2, 0.25) is 10.0 Å². The van der Waals surface area contributed by atoms with Gasteiger partial charge in [-0.1, -0.05) is 23.2 Å². The highest BCUT2D eigenvalue weighted by atomic mass is 35.5. The van der Waals surface area contributed by atoms with Crippen LogP contribution in [0.15, 0.2) is 18.2 Å². The first kappa shape index (κ1) is 16.4. The van der Waals surface area contributed by atoms with E-state index in [1.165, 1.54) is 38.2 Å². The Morgan fingerprint density at radius 1 is 1.05 bits per heavy atom.